The Hall–Kier alpha value is -1.70. The van der Waals surface area contributed by atoms with Crippen molar-refractivity contribution in [2.75, 3.05) is 7.11 Å². The van der Waals surface area contributed by atoms with Crippen molar-refractivity contribution in [3.05, 3.63) is 36.5 Å². The average Bonchev–Trinajstić information content (AvgIpc) is 2.58. The number of nitrogens with one attached hydrogen (secondary N) is 1. The van der Waals surface area contributed by atoms with E-state index >= 15 is 0 Å². The van der Waals surface area contributed by atoms with Gasteiger partial charge in [-0.3, -0.25) is 0 Å². The van der Waals surface area contributed by atoms with Gasteiger partial charge in [0.25, 0.3) is 0 Å². The first-order valence-corrected chi connectivity index (χ1v) is 4.12. The normalized spacial score (nSPS) is 10.2. The van der Waals surface area contributed by atoms with Crippen molar-refractivity contribution < 1.29 is 4.74 Å². The van der Waals surface area contributed by atoms with Crippen LogP contribution in [-0.2, 0) is 0 Å². The maximum Gasteiger partial charge on any atom is 0.119 e. The van der Waals surface area contributed by atoms with Crippen molar-refractivity contribution in [3.8, 4) is 5.75 Å². The lowest BCUT2D eigenvalue weighted by Gasteiger charge is -1.97. The first-order chi connectivity index (χ1) is 6.33. The zero-order chi connectivity index (χ0) is 9.26. The fourth-order valence-electron chi connectivity index (χ4n) is 1.37. The number of H-pyrrole nitrogens is 1. The summed E-state index contributed by atoms with van der Waals surface area (Å²) in [5.74, 6) is 0.877. The molecule has 0 radical (unpaired) electrons. The van der Waals surface area contributed by atoms with Crippen LogP contribution >= 0.6 is 0 Å². The number of benzene rings is 1. The van der Waals surface area contributed by atoms with Gasteiger partial charge in [0, 0.05) is 16.6 Å². The SMILES string of the molecule is C=Cc1cc2cc(OC)ccc2[nH]1. The van der Waals surface area contributed by atoms with Crippen molar-refractivity contribution in [1.82, 2.24) is 4.98 Å². The van der Waals surface area contributed by atoms with Crippen molar-refractivity contribution in [2.24, 2.45) is 0 Å². The van der Waals surface area contributed by atoms with Crippen LogP contribution in [0.1, 0.15) is 5.69 Å². The Bertz CT molecular complexity index is 442. The molecule has 0 amide bonds. The third-order valence-corrected chi connectivity index (χ3v) is 2.07. The van der Waals surface area contributed by atoms with Crippen molar-refractivity contribution >= 4 is 17.0 Å². The molecule has 0 spiro atoms. The molecule has 2 rings (SSSR count). The monoisotopic (exact) mass is 173 g/mol. The van der Waals surface area contributed by atoms with Gasteiger partial charge < -0.3 is 9.72 Å². The van der Waals surface area contributed by atoms with Crippen molar-refractivity contribution in [2.45, 2.75) is 0 Å². The molecule has 1 N–H and O–H groups in total. The maximum atomic E-state index is 5.13. The summed E-state index contributed by atoms with van der Waals surface area (Å²) in [6.07, 6.45) is 1.80. The second-order valence-corrected chi connectivity index (χ2v) is 2.88. The van der Waals surface area contributed by atoms with Gasteiger partial charge in [0.2, 0.25) is 0 Å². The Kier molecular flexibility index (Phi) is 1.81. The lowest BCUT2D eigenvalue weighted by atomic mass is 10.2. The van der Waals surface area contributed by atoms with Crippen LogP contribution in [0, 0.1) is 0 Å². The van der Waals surface area contributed by atoms with Gasteiger partial charge in [0.05, 0.1) is 7.11 Å². The third-order valence-electron chi connectivity index (χ3n) is 2.07. The summed E-state index contributed by atoms with van der Waals surface area (Å²) in [5.41, 5.74) is 2.14. The van der Waals surface area contributed by atoms with Crippen molar-refractivity contribution in [3.63, 3.8) is 0 Å². The van der Waals surface area contributed by atoms with E-state index in [0.29, 0.717) is 0 Å². The number of aromatic amines is 1. The van der Waals surface area contributed by atoms with Crippen LogP contribution in [-0.4, -0.2) is 12.1 Å². The number of hydrogen-bond donors (Lipinski definition) is 1. The molecule has 0 unspecified atom stereocenters. The minimum absolute atomic E-state index is 0.877. The van der Waals surface area contributed by atoms with Gasteiger partial charge in [-0.05, 0) is 30.3 Å². The minimum Gasteiger partial charge on any atom is -0.497 e. The summed E-state index contributed by atoms with van der Waals surface area (Å²) in [7, 11) is 1.67. The van der Waals surface area contributed by atoms with Gasteiger partial charge >= 0.3 is 0 Å². The highest BCUT2D eigenvalue weighted by Gasteiger charge is 1.98. The Labute approximate surface area is 76.8 Å². The van der Waals surface area contributed by atoms with Gasteiger partial charge in [-0.2, -0.15) is 0 Å². The van der Waals surface area contributed by atoms with Gasteiger partial charge in [-0.1, -0.05) is 6.58 Å². The van der Waals surface area contributed by atoms with E-state index < -0.39 is 0 Å². The highest BCUT2D eigenvalue weighted by Crippen LogP contribution is 2.21. The minimum atomic E-state index is 0.877. The van der Waals surface area contributed by atoms with Crippen LogP contribution in [0.5, 0.6) is 5.75 Å². The van der Waals surface area contributed by atoms with E-state index in [4.69, 9.17) is 4.74 Å². The molecule has 0 aliphatic carbocycles. The molecular formula is C11H11NO. The molecule has 1 aromatic heterocycles. The van der Waals surface area contributed by atoms with E-state index in [2.05, 4.69) is 11.6 Å². The smallest absolute Gasteiger partial charge is 0.119 e. The summed E-state index contributed by atoms with van der Waals surface area (Å²) in [6, 6.07) is 7.98. The van der Waals surface area contributed by atoms with Crippen LogP contribution < -0.4 is 4.74 Å². The second kappa shape index (κ2) is 2.98. The molecule has 66 valence electrons. The lowest BCUT2D eigenvalue weighted by molar-refractivity contribution is 0.415. The van der Waals surface area contributed by atoms with Gasteiger partial charge in [0.15, 0.2) is 0 Å². The molecule has 2 heteroatoms. The molecule has 13 heavy (non-hydrogen) atoms. The Morgan fingerprint density at radius 2 is 2.23 bits per heavy atom. The summed E-state index contributed by atoms with van der Waals surface area (Å²) < 4.78 is 5.13. The lowest BCUT2D eigenvalue weighted by Crippen LogP contribution is -1.80. The fourth-order valence-corrected chi connectivity index (χ4v) is 1.37. The van der Waals surface area contributed by atoms with E-state index in [1.165, 1.54) is 0 Å². The maximum absolute atomic E-state index is 5.13. The first kappa shape index (κ1) is 7.92. The Morgan fingerprint density at radius 3 is 2.92 bits per heavy atom. The predicted octanol–water partition coefficient (Wildman–Crippen LogP) is 2.82. The predicted molar refractivity (Wildman–Crippen MR) is 54.9 cm³/mol. The third kappa shape index (κ3) is 1.31. The van der Waals surface area contributed by atoms with Crippen molar-refractivity contribution in [1.29, 1.82) is 0 Å². The molecule has 0 saturated carbocycles. The molecule has 0 bridgehead atoms. The van der Waals surface area contributed by atoms with Gasteiger partial charge in [-0.25, -0.2) is 0 Å². The summed E-state index contributed by atoms with van der Waals surface area (Å²) in [5, 5.41) is 1.15. The van der Waals surface area contributed by atoms with Gasteiger partial charge in [-0.15, -0.1) is 0 Å². The quantitative estimate of drug-likeness (QED) is 0.742. The number of hydrogen-bond acceptors (Lipinski definition) is 1. The van der Waals surface area contributed by atoms with E-state index in [1.807, 2.05) is 24.3 Å². The highest BCUT2D eigenvalue weighted by molar-refractivity contribution is 5.83. The zero-order valence-corrected chi connectivity index (χ0v) is 7.50. The van der Waals surface area contributed by atoms with Crippen LogP contribution in [0.2, 0.25) is 0 Å². The number of aromatic nitrogens is 1. The molecular weight excluding hydrogens is 162 g/mol. The topological polar surface area (TPSA) is 25.0 Å². The zero-order valence-electron chi connectivity index (χ0n) is 7.50. The molecule has 2 nitrogen and oxygen atoms in total. The Morgan fingerprint density at radius 1 is 1.38 bits per heavy atom. The molecule has 0 saturated heterocycles. The Balaban J connectivity index is 2.63. The van der Waals surface area contributed by atoms with E-state index in [1.54, 1.807) is 13.2 Å². The van der Waals surface area contributed by atoms with E-state index in [9.17, 15) is 0 Å². The number of rotatable bonds is 2. The first-order valence-electron chi connectivity index (χ1n) is 4.12. The van der Waals surface area contributed by atoms with E-state index in [-0.39, 0.29) is 0 Å². The molecule has 0 aliphatic rings. The van der Waals surface area contributed by atoms with Crippen LogP contribution in [0.15, 0.2) is 30.8 Å². The summed E-state index contributed by atoms with van der Waals surface area (Å²) in [6.45, 7) is 3.71. The fraction of sp³-hybridized carbons (Fsp3) is 0.0909. The highest BCUT2D eigenvalue weighted by atomic mass is 16.5. The molecule has 1 aromatic carbocycles. The van der Waals surface area contributed by atoms with Crippen LogP contribution in [0.25, 0.3) is 17.0 Å². The largest absolute Gasteiger partial charge is 0.497 e. The summed E-state index contributed by atoms with van der Waals surface area (Å²) >= 11 is 0. The van der Waals surface area contributed by atoms with Gasteiger partial charge in [0.1, 0.15) is 5.75 Å². The number of ether oxygens (including phenoxy) is 1. The standard InChI is InChI=1S/C11H11NO/c1-3-9-6-8-7-10(13-2)4-5-11(8)12-9/h3-7,12H,1H2,2H3. The summed E-state index contributed by atoms with van der Waals surface area (Å²) in [4.78, 5) is 3.22. The molecule has 2 aromatic rings. The number of methoxy groups -OCH3 is 1. The van der Waals surface area contributed by atoms with Crippen LogP contribution in [0.4, 0.5) is 0 Å². The second-order valence-electron chi connectivity index (χ2n) is 2.88. The molecule has 0 atom stereocenters. The average molecular weight is 173 g/mol. The number of fused-ring (bicyclic) bond motifs is 1. The van der Waals surface area contributed by atoms with E-state index in [0.717, 1.165) is 22.3 Å². The molecule has 0 aliphatic heterocycles. The molecule has 1 heterocycles. The molecule has 0 fully saturated rings. The van der Waals surface area contributed by atoms with Crippen LogP contribution in [0.3, 0.4) is 0 Å².